The molecule has 0 saturated carbocycles. The highest BCUT2D eigenvalue weighted by molar-refractivity contribution is 6.00. The molecule has 1 aromatic carbocycles. The molecule has 0 bridgehead atoms. The van der Waals surface area contributed by atoms with E-state index in [2.05, 4.69) is 5.32 Å². The van der Waals surface area contributed by atoms with Crippen LogP contribution in [-0.4, -0.2) is 41.0 Å². The van der Waals surface area contributed by atoms with E-state index < -0.39 is 22.8 Å². The molecule has 0 aliphatic carbocycles. The van der Waals surface area contributed by atoms with E-state index in [1.165, 1.54) is 35.9 Å². The number of hydrogen-bond donors (Lipinski definition) is 3. The first kappa shape index (κ1) is 22.0. The Kier molecular flexibility index (Phi) is 7.05. The van der Waals surface area contributed by atoms with Gasteiger partial charge in [0, 0.05) is 19.3 Å². The second-order valence-corrected chi connectivity index (χ2v) is 6.85. The summed E-state index contributed by atoms with van der Waals surface area (Å²) in [5, 5.41) is 2.60. The molecule has 156 valence electrons. The number of halogens is 1. The molecular formula is C19H25FN5O4+. The van der Waals surface area contributed by atoms with Gasteiger partial charge in [-0.25, -0.2) is 9.18 Å². The number of ketones is 1. The summed E-state index contributed by atoms with van der Waals surface area (Å²) >= 11 is 0. The minimum atomic E-state index is -0.756. The van der Waals surface area contributed by atoms with E-state index >= 15 is 0 Å². The van der Waals surface area contributed by atoms with E-state index in [1.54, 1.807) is 7.05 Å². The van der Waals surface area contributed by atoms with Crippen LogP contribution in [0.5, 0.6) is 0 Å². The van der Waals surface area contributed by atoms with E-state index in [0.717, 1.165) is 4.57 Å². The number of quaternary nitrogens is 1. The zero-order valence-corrected chi connectivity index (χ0v) is 16.6. The molecule has 1 unspecified atom stereocenters. The molecule has 0 radical (unpaired) electrons. The second kappa shape index (κ2) is 9.28. The summed E-state index contributed by atoms with van der Waals surface area (Å²) in [6, 6.07) is 5.29. The van der Waals surface area contributed by atoms with Crippen LogP contribution in [0, 0.1) is 5.82 Å². The lowest BCUT2D eigenvalue weighted by atomic mass is 10.1. The van der Waals surface area contributed by atoms with Crippen LogP contribution in [0.25, 0.3) is 0 Å². The van der Waals surface area contributed by atoms with Crippen LogP contribution in [0.4, 0.5) is 15.9 Å². The molecule has 9 nitrogen and oxygen atoms in total. The number of nitrogens with two attached hydrogens (primary N) is 1. The van der Waals surface area contributed by atoms with Gasteiger partial charge in [0.15, 0.2) is 6.54 Å². The number of aromatic nitrogens is 2. The molecule has 4 N–H and O–H groups in total. The quantitative estimate of drug-likeness (QED) is 0.487. The molecular weight excluding hydrogens is 381 g/mol. The fourth-order valence-corrected chi connectivity index (χ4v) is 2.92. The first-order valence-corrected chi connectivity index (χ1v) is 9.14. The lowest BCUT2D eigenvalue weighted by molar-refractivity contribution is -0.861. The average molecular weight is 406 g/mol. The highest BCUT2D eigenvalue weighted by Gasteiger charge is 2.24. The molecule has 10 heteroatoms. The average Bonchev–Trinajstić information content (AvgIpc) is 2.65. The number of carbonyl (C=O) groups excluding carboxylic acids is 2. The van der Waals surface area contributed by atoms with Crippen molar-refractivity contribution in [1.29, 1.82) is 0 Å². The molecule has 1 amide bonds. The lowest BCUT2D eigenvalue weighted by Crippen LogP contribution is -3.11. The molecule has 2 aromatic rings. The Morgan fingerprint density at radius 2 is 1.79 bits per heavy atom. The second-order valence-electron chi connectivity index (χ2n) is 6.85. The van der Waals surface area contributed by atoms with E-state index in [4.69, 9.17) is 5.73 Å². The highest BCUT2D eigenvalue weighted by atomic mass is 19.1. The third kappa shape index (κ3) is 5.17. The van der Waals surface area contributed by atoms with Crippen molar-refractivity contribution in [3.63, 3.8) is 0 Å². The number of nitrogen functional groups attached to an aromatic ring is 1. The molecule has 0 saturated heterocycles. The number of nitrogens with one attached hydrogen (secondary N) is 2. The van der Waals surface area contributed by atoms with Gasteiger partial charge in [-0.3, -0.25) is 23.5 Å². The summed E-state index contributed by atoms with van der Waals surface area (Å²) in [7, 11) is 2.91. The first-order valence-electron chi connectivity index (χ1n) is 9.14. The number of nitrogens with zero attached hydrogens (tertiary/aromatic N) is 2. The third-order valence-corrected chi connectivity index (χ3v) is 4.36. The Morgan fingerprint density at radius 1 is 1.17 bits per heavy atom. The summed E-state index contributed by atoms with van der Waals surface area (Å²) < 4.78 is 15.0. The maximum atomic E-state index is 12.9. The van der Waals surface area contributed by atoms with E-state index in [1.807, 2.05) is 6.92 Å². The molecule has 0 aliphatic heterocycles. The van der Waals surface area contributed by atoms with Gasteiger partial charge < -0.3 is 16.0 Å². The van der Waals surface area contributed by atoms with E-state index in [-0.39, 0.29) is 36.9 Å². The summed E-state index contributed by atoms with van der Waals surface area (Å²) in [5.74, 6) is -1.51. The molecule has 1 atom stereocenters. The Hall–Kier alpha value is -3.27. The van der Waals surface area contributed by atoms with E-state index in [0.29, 0.717) is 17.0 Å². The number of likely N-dealkylation sites (N-methyl/N-ethyl adjacent to an activating group) is 1. The van der Waals surface area contributed by atoms with Crippen LogP contribution in [0.15, 0.2) is 33.9 Å². The number of hydrogen-bond acceptors (Lipinski definition) is 5. The Bertz CT molecular complexity index is 1030. The highest BCUT2D eigenvalue weighted by Crippen LogP contribution is 2.08. The Labute approximate surface area is 166 Å². The zero-order chi connectivity index (χ0) is 21.7. The lowest BCUT2D eigenvalue weighted by Gasteiger charge is -2.16. The maximum Gasteiger partial charge on any atom is 0.332 e. The summed E-state index contributed by atoms with van der Waals surface area (Å²) in [4.78, 5) is 49.9. The van der Waals surface area contributed by atoms with Gasteiger partial charge >= 0.3 is 5.69 Å². The van der Waals surface area contributed by atoms with Gasteiger partial charge in [0.05, 0.1) is 7.05 Å². The van der Waals surface area contributed by atoms with Crippen LogP contribution in [0.1, 0.15) is 23.7 Å². The van der Waals surface area contributed by atoms with Crippen LogP contribution in [0.2, 0.25) is 0 Å². The Morgan fingerprint density at radius 3 is 2.38 bits per heavy atom. The molecule has 29 heavy (non-hydrogen) atoms. The van der Waals surface area contributed by atoms with Crippen LogP contribution < -0.4 is 27.2 Å². The normalized spacial score (nSPS) is 11.9. The van der Waals surface area contributed by atoms with Crippen molar-refractivity contribution in [2.75, 3.05) is 31.2 Å². The fourth-order valence-electron chi connectivity index (χ4n) is 2.92. The molecule has 1 aromatic heterocycles. The molecule has 0 spiro atoms. The van der Waals surface area contributed by atoms with Crippen molar-refractivity contribution >= 4 is 23.2 Å². The van der Waals surface area contributed by atoms with Gasteiger partial charge in [-0.2, -0.15) is 0 Å². The summed E-state index contributed by atoms with van der Waals surface area (Å²) in [6.45, 7) is 1.90. The molecule has 0 aliphatic rings. The monoisotopic (exact) mass is 406 g/mol. The summed E-state index contributed by atoms with van der Waals surface area (Å²) in [6.07, 6.45) is 0.602. The standard InChI is InChI=1S/C19H24FN5O4/c1-4-9-25-17(21)16(18(28)24(3)19(25)29)14(26)10-23(2)11-15(27)22-13-7-5-12(20)6-8-13/h5-8H,4,9-11,21H2,1-3H3,(H,22,27)/p+1. The van der Waals surface area contributed by atoms with Gasteiger partial charge in [-0.05, 0) is 30.7 Å². The van der Waals surface area contributed by atoms with E-state index in [9.17, 15) is 23.6 Å². The molecule has 0 fully saturated rings. The summed E-state index contributed by atoms with van der Waals surface area (Å²) in [5.41, 5.74) is 4.79. The number of benzene rings is 1. The maximum absolute atomic E-state index is 12.9. The largest absolute Gasteiger partial charge is 0.384 e. The van der Waals surface area contributed by atoms with Gasteiger partial charge in [0.1, 0.15) is 23.7 Å². The minimum Gasteiger partial charge on any atom is -0.384 e. The van der Waals surface area contributed by atoms with Crippen molar-refractivity contribution in [2.45, 2.75) is 19.9 Å². The van der Waals surface area contributed by atoms with Crippen molar-refractivity contribution in [3.8, 4) is 0 Å². The third-order valence-electron chi connectivity index (χ3n) is 4.36. The minimum absolute atomic E-state index is 0.0576. The number of anilines is 2. The predicted octanol–water partition coefficient (Wildman–Crippen LogP) is -0.986. The topological polar surface area (TPSA) is 121 Å². The van der Waals surface area contributed by atoms with Crippen molar-refractivity contribution in [3.05, 3.63) is 56.5 Å². The number of Topliss-reactive ketones (excluding diaryl/α,β-unsaturated/α-hetero) is 1. The van der Waals surface area contributed by atoms with Gasteiger partial charge in [0.2, 0.25) is 5.78 Å². The number of rotatable bonds is 8. The van der Waals surface area contributed by atoms with Crippen molar-refractivity contribution in [1.82, 2.24) is 9.13 Å². The smallest absolute Gasteiger partial charge is 0.332 e. The zero-order valence-electron chi connectivity index (χ0n) is 16.6. The Balaban J connectivity index is 2.13. The van der Waals surface area contributed by atoms with Gasteiger partial charge in [-0.1, -0.05) is 6.92 Å². The van der Waals surface area contributed by atoms with Gasteiger partial charge in [0.25, 0.3) is 11.5 Å². The molecule has 2 rings (SSSR count). The fraction of sp³-hybridized carbons (Fsp3) is 0.368. The predicted molar refractivity (Wildman–Crippen MR) is 107 cm³/mol. The van der Waals surface area contributed by atoms with Crippen LogP contribution in [0.3, 0.4) is 0 Å². The SMILES string of the molecule is CCCn1c(N)c(C(=O)C[NH+](C)CC(=O)Nc2ccc(F)cc2)c(=O)n(C)c1=O. The van der Waals surface area contributed by atoms with Crippen LogP contribution >= 0.6 is 0 Å². The molecule has 1 heterocycles. The van der Waals surface area contributed by atoms with Crippen molar-refractivity contribution in [2.24, 2.45) is 7.05 Å². The number of amides is 1. The van der Waals surface area contributed by atoms with Crippen LogP contribution in [-0.2, 0) is 18.4 Å². The van der Waals surface area contributed by atoms with Gasteiger partial charge in [-0.15, -0.1) is 0 Å². The van der Waals surface area contributed by atoms with Crippen molar-refractivity contribution < 1.29 is 18.9 Å². The number of carbonyl (C=O) groups is 2. The first-order chi connectivity index (χ1) is 13.6.